The van der Waals surface area contributed by atoms with Crippen LogP contribution in [0.25, 0.3) is 0 Å². The van der Waals surface area contributed by atoms with E-state index in [0.717, 1.165) is 0 Å². The number of ether oxygens (including phenoxy) is 1. The maximum Gasteiger partial charge on any atom is 0.266 e. The molecule has 0 aliphatic carbocycles. The van der Waals surface area contributed by atoms with Crippen molar-refractivity contribution in [2.75, 3.05) is 24.6 Å². The molecule has 2 heterocycles. The summed E-state index contributed by atoms with van der Waals surface area (Å²) in [5, 5.41) is 0.0598. The molecule has 0 saturated carbocycles. The first-order valence-corrected chi connectivity index (χ1v) is 5.75. The van der Waals surface area contributed by atoms with Crippen LogP contribution in [0.1, 0.15) is 6.42 Å². The lowest BCUT2D eigenvalue weighted by Crippen LogP contribution is -2.25. The summed E-state index contributed by atoms with van der Waals surface area (Å²) in [5.74, 6) is -2.03. The second kappa shape index (κ2) is 5.06. The van der Waals surface area contributed by atoms with Gasteiger partial charge in [-0.15, -0.1) is 0 Å². The largest absolute Gasteiger partial charge is 0.483 e. The molecule has 98 valence electrons. The van der Waals surface area contributed by atoms with E-state index < -0.39 is 5.92 Å². The summed E-state index contributed by atoms with van der Waals surface area (Å²) in [4.78, 5) is 15.6. The fourth-order valence-electron chi connectivity index (χ4n) is 1.75. The third kappa shape index (κ3) is 2.87. The van der Waals surface area contributed by atoms with E-state index in [-0.39, 0.29) is 37.0 Å². The normalized spacial score (nSPS) is 17.8. The Kier molecular flexibility index (Phi) is 3.65. The molecule has 2 rings (SSSR count). The summed E-state index contributed by atoms with van der Waals surface area (Å²) in [6.45, 7) is -0.238. The Hall–Kier alpha value is -1.43. The van der Waals surface area contributed by atoms with Crippen LogP contribution in [-0.4, -0.2) is 36.9 Å². The van der Waals surface area contributed by atoms with E-state index in [1.165, 1.54) is 11.0 Å². The topological polar surface area (TPSA) is 42.4 Å². The first-order valence-electron chi connectivity index (χ1n) is 5.37. The van der Waals surface area contributed by atoms with Crippen molar-refractivity contribution in [2.24, 2.45) is 0 Å². The Morgan fingerprint density at radius 3 is 2.89 bits per heavy atom. The summed E-state index contributed by atoms with van der Waals surface area (Å²) in [6.07, 6.45) is 0.404. The van der Waals surface area contributed by atoms with Crippen LogP contribution in [0.2, 0.25) is 5.15 Å². The van der Waals surface area contributed by atoms with Gasteiger partial charge in [0.1, 0.15) is 12.4 Å². The molecule has 18 heavy (non-hydrogen) atoms. The number of carbonyl (C=O) groups is 1. The Labute approximate surface area is 108 Å². The van der Waals surface area contributed by atoms with Crippen LogP contribution in [0.3, 0.4) is 0 Å². The second-order valence-corrected chi connectivity index (χ2v) is 4.32. The van der Waals surface area contributed by atoms with Crippen LogP contribution in [0.4, 0.5) is 14.6 Å². The van der Waals surface area contributed by atoms with Crippen LogP contribution in [0, 0.1) is 0 Å². The van der Waals surface area contributed by atoms with Gasteiger partial charge in [0.2, 0.25) is 0 Å². The molecule has 0 N–H and O–H groups in total. The molecule has 0 atom stereocenters. The van der Waals surface area contributed by atoms with Gasteiger partial charge in [-0.05, 0) is 12.1 Å². The Balaban J connectivity index is 2.11. The average molecular weight is 277 g/mol. The summed E-state index contributed by atoms with van der Waals surface area (Å²) < 4.78 is 31.1. The number of hydrogen-bond acceptors (Lipinski definition) is 4. The number of hydrogen-bond donors (Lipinski definition) is 0. The number of nitrogens with zero attached hydrogens (tertiary/aromatic N) is 2. The number of alkyl halides is 2. The van der Waals surface area contributed by atoms with E-state index in [2.05, 4.69) is 4.98 Å². The summed E-state index contributed by atoms with van der Waals surface area (Å²) in [7, 11) is 0. The minimum Gasteiger partial charge on any atom is -0.483 e. The SMILES string of the molecule is O=CCOc1ccc(N2CCC(F)(F)C2)nc1Cl. The van der Waals surface area contributed by atoms with E-state index in [0.29, 0.717) is 12.1 Å². The molecule has 0 amide bonds. The van der Waals surface area contributed by atoms with E-state index in [4.69, 9.17) is 16.3 Å². The van der Waals surface area contributed by atoms with E-state index in [1.807, 2.05) is 0 Å². The summed E-state index contributed by atoms with van der Waals surface area (Å²) in [6, 6.07) is 3.07. The average Bonchev–Trinajstić information content (AvgIpc) is 2.68. The Bertz CT molecular complexity index is 457. The molecule has 7 heteroatoms. The molecular formula is C11H11ClF2N2O2. The van der Waals surface area contributed by atoms with Gasteiger partial charge < -0.3 is 9.64 Å². The molecule has 1 aromatic rings. The maximum absolute atomic E-state index is 13.1. The smallest absolute Gasteiger partial charge is 0.266 e. The predicted molar refractivity (Wildman–Crippen MR) is 62.6 cm³/mol. The number of anilines is 1. The first kappa shape index (κ1) is 13.0. The Morgan fingerprint density at radius 2 is 2.33 bits per heavy atom. The van der Waals surface area contributed by atoms with Crippen molar-refractivity contribution in [3.8, 4) is 5.75 Å². The lowest BCUT2D eigenvalue weighted by molar-refractivity contribution is -0.109. The monoisotopic (exact) mass is 276 g/mol. The molecule has 0 bridgehead atoms. The van der Waals surface area contributed by atoms with Gasteiger partial charge in [0.05, 0.1) is 6.54 Å². The molecule has 0 unspecified atom stereocenters. The van der Waals surface area contributed by atoms with Gasteiger partial charge in [0.15, 0.2) is 17.2 Å². The van der Waals surface area contributed by atoms with Gasteiger partial charge in [-0.2, -0.15) is 0 Å². The molecule has 1 aromatic heterocycles. The van der Waals surface area contributed by atoms with Crippen molar-refractivity contribution >= 4 is 23.7 Å². The number of halogens is 3. The van der Waals surface area contributed by atoms with Crippen LogP contribution in [-0.2, 0) is 4.79 Å². The van der Waals surface area contributed by atoms with E-state index >= 15 is 0 Å². The van der Waals surface area contributed by atoms with Crippen molar-refractivity contribution in [3.63, 3.8) is 0 Å². The first-order chi connectivity index (χ1) is 8.52. The zero-order chi connectivity index (χ0) is 13.2. The van der Waals surface area contributed by atoms with Gasteiger partial charge in [-0.3, -0.25) is 4.79 Å². The molecule has 1 aliphatic heterocycles. The van der Waals surface area contributed by atoms with Crippen molar-refractivity contribution in [1.82, 2.24) is 4.98 Å². The highest BCUT2D eigenvalue weighted by molar-refractivity contribution is 6.30. The quantitative estimate of drug-likeness (QED) is 0.624. The molecule has 0 aromatic carbocycles. The number of pyridine rings is 1. The van der Waals surface area contributed by atoms with Crippen LogP contribution < -0.4 is 9.64 Å². The van der Waals surface area contributed by atoms with Crippen LogP contribution in [0.5, 0.6) is 5.75 Å². The lowest BCUT2D eigenvalue weighted by Gasteiger charge is -2.17. The van der Waals surface area contributed by atoms with Gasteiger partial charge in [-0.25, -0.2) is 13.8 Å². The van der Waals surface area contributed by atoms with Crippen LogP contribution >= 0.6 is 11.6 Å². The molecule has 0 radical (unpaired) electrons. The van der Waals surface area contributed by atoms with Gasteiger partial charge in [-0.1, -0.05) is 11.6 Å². The summed E-state index contributed by atoms with van der Waals surface area (Å²) >= 11 is 5.85. The lowest BCUT2D eigenvalue weighted by atomic mass is 10.3. The van der Waals surface area contributed by atoms with Gasteiger partial charge in [0, 0.05) is 13.0 Å². The molecular weight excluding hydrogens is 266 g/mol. The third-order valence-corrected chi connectivity index (χ3v) is 2.87. The molecule has 1 saturated heterocycles. The van der Waals surface area contributed by atoms with E-state index in [1.54, 1.807) is 6.07 Å². The zero-order valence-corrected chi connectivity index (χ0v) is 10.2. The third-order valence-electron chi connectivity index (χ3n) is 2.60. The van der Waals surface area contributed by atoms with Gasteiger partial charge in [0.25, 0.3) is 5.92 Å². The Morgan fingerprint density at radius 1 is 1.56 bits per heavy atom. The fraction of sp³-hybridized carbons (Fsp3) is 0.455. The van der Waals surface area contributed by atoms with Gasteiger partial charge >= 0.3 is 0 Å². The van der Waals surface area contributed by atoms with Crippen molar-refractivity contribution < 1.29 is 18.3 Å². The number of rotatable bonds is 4. The second-order valence-electron chi connectivity index (χ2n) is 3.96. The van der Waals surface area contributed by atoms with Crippen LogP contribution in [0.15, 0.2) is 12.1 Å². The number of aromatic nitrogens is 1. The number of carbonyl (C=O) groups excluding carboxylic acids is 1. The van der Waals surface area contributed by atoms with Crippen molar-refractivity contribution in [1.29, 1.82) is 0 Å². The summed E-state index contributed by atoms with van der Waals surface area (Å²) in [5.41, 5.74) is 0. The van der Waals surface area contributed by atoms with Crippen molar-refractivity contribution in [2.45, 2.75) is 12.3 Å². The highest BCUT2D eigenvalue weighted by Crippen LogP contribution is 2.32. The maximum atomic E-state index is 13.1. The number of aldehydes is 1. The highest BCUT2D eigenvalue weighted by Gasteiger charge is 2.38. The molecule has 1 aliphatic rings. The highest BCUT2D eigenvalue weighted by atomic mass is 35.5. The standard InChI is InChI=1S/C11H11ClF2N2O2/c12-10-8(18-6-5-17)1-2-9(15-10)16-4-3-11(13,14)7-16/h1-2,5H,3-4,6-7H2. The molecule has 1 fully saturated rings. The predicted octanol–water partition coefficient (Wildman–Crippen LogP) is 2.16. The minimum absolute atomic E-state index is 0.0598. The molecule has 0 spiro atoms. The minimum atomic E-state index is -2.68. The zero-order valence-electron chi connectivity index (χ0n) is 9.41. The van der Waals surface area contributed by atoms with Crippen molar-refractivity contribution in [3.05, 3.63) is 17.3 Å². The van der Waals surface area contributed by atoms with E-state index in [9.17, 15) is 13.6 Å². The molecule has 4 nitrogen and oxygen atoms in total. The fourth-order valence-corrected chi connectivity index (χ4v) is 1.96.